The molecule has 0 aliphatic carbocycles. The van der Waals surface area contributed by atoms with Crippen molar-refractivity contribution in [2.45, 2.75) is 38.5 Å². The fourth-order valence-corrected chi connectivity index (χ4v) is 3.57. The van der Waals surface area contributed by atoms with E-state index in [-0.39, 0.29) is 5.56 Å². The van der Waals surface area contributed by atoms with Crippen molar-refractivity contribution in [2.24, 2.45) is 0 Å². The highest BCUT2D eigenvalue weighted by atomic mass is 35.5. The van der Waals surface area contributed by atoms with E-state index >= 15 is 0 Å². The average molecular weight is 410 g/mol. The standard InChI is InChI=1S/C20H24ClNO4S/c1-4-6-9-22-16-11-14(20(23)24)12-18(27(25)5-2)19(16)26-17-10-13(3)7-8-15(17)21/h7-8,10-12,22H,4-6,9H2,1-3H3,(H,23,24). The van der Waals surface area contributed by atoms with E-state index in [1.54, 1.807) is 19.1 Å². The van der Waals surface area contributed by atoms with Crippen LogP contribution in [-0.2, 0) is 10.8 Å². The Labute approximate surface area is 167 Å². The molecule has 0 fully saturated rings. The number of aryl methyl sites for hydroxylation is 1. The van der Waals surface area contributed by atoms with E-state index in [4.69, 9.17) is 16.3 Å². The number of benzene rings is 2. The molecule has 0 spiro atoms. The molecule has 1 unspecified atom stereocenters. The van der Waals surface area contributed by atoms with Crippen molar-refractivity contribution in [2.75, 3.05) is 17.6 Å². The smallest absolute Gasteiger partial charge is 0.335 e. The van der Waals surface area contributed by atoms with E-state index in [1.165, 1.54) is 12.1 Å². The lowest BCUT2D eigenvalue weighted by Gasteiger charge is -2.18. The first-order valence-corrected chi connectivity index (χ1v) is 10.5. The normalized spacial score (nSPS) is 11.9. The van der Waals surface area contributed by atoms with Gasteiger partial charge in [0.25, 0.3) is 0 Å². The molecular formula is C20H24ClNO4S. The molecule has 0 saturated carbocycles. The number of carbonyl (C=O) groups is 1. The molecule has 1 atom stereocenters. The molecule has 0 aliphatic rings. The lowest BCUT2D eigenvalue weighted by molar-refractivity contribution is 0.0696. The number of unbranched alkanes of at least 4 members (excludes halogenated alkanes) is 1. The highest BCUT2D eigenvalue weighted by molar-refractivity contribution is 7.85. The first-order chi connectivity index (χ1) is 12.9. The lowest BCUT2D eigenvalue weighted by Crippen LogP contribution is -2.09. The first kappa shape index (κ1) is 21.3. The zero-order valence-electron chi connectivity index (χ0n) is 15.7. The van der Waals surface area contributed by atoms with Gasteiger partial charge < -0.3 is 15.2 Å². The summed E-state index contributed by atoms with van der Waals surface area (Å²) >= 11 is 6.26. The molecule has 2 aromatic carbocycles. The van der Waals surface area contributed by atoms with Crippen LogP contribution in [0, 0.1) is 6.92 Å². The number of hydrogen-bond donors (Lipinski definition) is 2. The second-order valence-corrected chi connectivity index (χ2v) is 8.22. The number of aromatic carboxylic acids is 1. The van der Waals surface area contributed by atoms with Crippen LogP contribution in [-0.4, -0.2) is 27.6 Å². The minimum atomic E-state index is -1.40. The molecule has 2 N–H and O–H groups in total. The average Bonchev–Trinajstić information content (AvgIpc) is 2.64. The Morgan fingerprint density at radius 3 is 2.63 bits per heavy atom. The van der Waals surface area contributed by atoms with E-state index in [2.05, 4.69) is 12.2 Å². The van der Waals surface area contributed by atoms with Crippen LogP contribution in [0.15, 0.2) is 35.2 Å². The van der Waals surface area contributed by atoms with Crippen LogP contribution in [0.25, 0.3) is 0 Å². The minimum absolute atomic E-state index is 0.0634. The fraction of sp³-hybridized carbons (Fsp3) is 0.350. The minimum Gasteiger partial charge on any atom is -0.478 e. The first-order valence-electron chi connectivity index (χ1n) is 8.84. The SMILES string of the molecule is CCCCNc1cc(C(=O)O)cc(S(=O)CC)c1Oc1cc(C)ccc1Cl. The van der Waals surface area contributed by atoms with Gasteiger partial charge in [-0.15, -0.1) is 0 Å². The Balaban J connectivity index is 2.60. The van der Waals surface area contributed by atoms with E-state index in [0.717, 1.165) is 18.4 Å². The predicted molar refractivity (Wildman–Crippen MR) is 110 cm³/mol. The largest absolute Gasteiger partial charge is 0.478 e. The summed E-state index contributed by atoms with van der Waals surface area (Å²) in [6.45, 7) is 6.41. The fourth-order valence-electron chi connectivity index (χ4n) is 2.49. The summed E-state index contributed by atoms with van der Waals surface area (Å²) in [6.07, 6.45) is 1.90. The van der Waals surface area contributed by atoms with Crippen LogP contribution in [0.5, 0.6) is 11.5 Å². The Morgan fingerprint density at radius 1 is 1.26 bits per heavy atom. The summed E-state index contributed by atoms with van der Waals surface area (Å²) in [6, 6.07) is 8.31. The third-order valence-corrected chi connectivity index (χ3v) is 5.58. The number of nitrogens with one attached hydrogen (secondary N) is 1. The third-order valence-electron chi connectivity index (χ3n) is 3.95. The summed E-state index contributed by atoms with van der Waals surface area (Å²) in [7, 11) is -1.40. The number of rotatable bonds is 9. The quantitative estimate of drug-likeness (QED) is 0.536. The predicted octanol–water partition coefficient (Wildman–Crippen LogP) is 5.48. The molecule has 0 radical (unpaired) electrons. The van der Waals surface area contributed by atoms with E-state index < -0.39 is 16.8 Å². The van der Waals surface area contributed by atoms with Crippen LogP contribution >= 0.6 is 11.6 Å². The zero-order chi connectivity index (χ0) is 20.0. The van der Waals surface area contributed by atoms with Crippen molar-refractivity contribution < 1.29 is 18.8 Å². The molecule has 0 aliphatic heterocycles. The number of hydrogen-bond acceptors (Lipinski definition) is 4. The molecule has 2 rings (SSSR count). The molecule has 0 saturated heterocycles. The third kappa shape index (κ3) is 5.47. The Morgan fingerprint density at radius 2 is 2.00 bits per heavy atom. The van der Waals surface area contributed by atoms with Gasteiger partial charge in [-0.2, -0.15) is 0 Å². The Kier molecular flexibility index (Phi) is 7.68. The summed E-state index contributed by atoms with van der Waals surface area (Å²) in [5.74, 6) is 0.0505. The van der Waals surface area contributed by atoms with Crippen LogP contribution in [0.3, 0.4) is 0 Å². The molecule has 27 heavy (non-hydrogen) atoms. The number of ether oxygens (including phenoxy) is 1. The second-order valence-electron chi connectivity index (χ2n) is 6.11. The lowest BCUT2D eigenvalue weighted by atomic mass is 10.1. The molecule has 0 bridgehead atoms. The van der Waals surface area contributed by atoms with Gasteiger partial charge in [0.2, 0.25) is 0 Å². The van der Waals surface area contributed by atoms with Crippen molar-refractivity contribution in [3.8, 4) is 11.5 Å². The molecule has 146 valence electrons. The van der Waals surface area contributed by atoms with E-state index in [9.17, 15) is 14.1 Å². The summed E-state index contributed by atoms with van der Waals surface area (Å²) < 4.78 is 18.7. The van der Waals surface area contributed by atoms with Gasteiger partial charge in [0.15, 0.2) is 5.75 Å². The van der Waals surface area contributed by atoms with Crippen LogP contribution in [0.4, 0.5) is 5.69 Å². The topological polar surface area (TPSA) is 75.6 Å². The van der Waals surface area contributed by atoms with Gasteiger partial charge in [0.1, 0.15) is 5.75 Å². The van der Waals surface area contributed by atoms with Gasteiger partial charge >= 0.3 is 5.97 Å². The molecule has 2 aromatic rings. The van der Waals surface area contributed by atoms with Crippen molar-refractivity contribution in [1.29, 1.82) is 0 Å². The van der Waals surface area contributed by atoms with Crippen LogP contribution in [0.1, 0.15) is 42.6 Å². The highest BCUT2D eigenvalue weighted by Crippen LogP contribution is 2.39. The number of anilines is 1. The van der Waals surface area contributed by atoms with Crippen molar-refractivity contribution in [1.82, 2.24) is 0 Å². The molecule has 0 heterocycles. The number of halogens is 1. The van der Waals surface area contributed by atoms with E-state index in [1.807, 2.05) is 13.0 Å². The van der Waals surface area contributed by atoms with E-state index in [0.29, 0.717) is 39.4 Å². The molecular weight excluding hydrogens is 386 g/mol. The Hall–Kier alpha value is -2.05. The molecule has 0 aromatic heterocycles. The maximum absolute atomic E-state index is 12.6. The maximum Gasteiger partial charge on any atom is 0.335 e. The van der Waals surface area contributed by atoms with Crippen molar-refractivity contribution >= 4 is 34.1 Å². The summed E-state index contributed by atoms with van der Waals surface area (Å²) in [5.41, 5.74) is 1.53. The van der Waals surface area contributed by atoms with Gasteiger partial charge in [0.05, 0.1) is 32.0 Å². The van der Waals surface area contributed by atoms with Crippen LogP contribution in [0.2, 0.25) is 5.02 Å². The maximum atomic E-state index is 12.6. The van der Waals surface area contributed by atoms with Gasteiger partial charge in [-0.25, -0.2) is 4.79 Å². The van der Waals surface area contributed by atoms with Crippen molar-refractivity contribution in [3.63, 3.8) is 0 Å². The van der Waals surface area contributed by atoms with Gasteiger partial charge in [-0.05, 0) is 43.2 Å². The molecule has 7 heteroatoms. The molecule has 0 amide bonds. The monoisotopic (exact) mass is 409 g/mol. The zero-order valence-corrected chi connectivity index (χ0v) is 17.2. The highest BCUT2D eigenvalue weighted by Gasteiger charge is 2.20. The van der Waals surface area contributed by atoms with Crippen LogP contribution < -0.4 is 10.1 Å². The number of carboxylic acid groups (broad SMARTS) is 1. The van der Waals surface area contributed by atoms with Crippen molar-refractivity contribution in [3.05, 3.63) is 46.5 Å². The second kappa shape index (κ2) is 9.76. The molecule has 5 nitrogen and oxygen atoms in total. The summed E-state index contributed by atoms with van der Waals surface area (Å²) in [4.78, 5) is 11.9. The summed E-state index contributed by atoms with van der Waals surface area (Å²) in [5, 5.41) is 13.1. The van der Waals surface area contributed by atoms with Gasteiger partial charge in [-0.1, -0.05) is 37.9 Å². The number of carboxylic acids is 1. The van der Waals surface area contributed by atoms with Gasteiger partial charge in [0, 0.05) is 12.3 Å². The van der Waals surface area contributed by atoms with Gasteiger partial charge in [-0.3, -0.25) is 4.21 Å². The Bertz CT molecular complexity index is 854.